The topological polar surface area (TPSA) is 74.6 Å². The lowest BCUT2D eigenvalue weighted by Gasteiger charge is -2.38. The van der Waals surface area contributed by atoms with Gasteiger partial charge in [0, 0.05) is 18.8 Å². The van der Waals surface area contributed by atoms with Crippen molar-refractivity contribution < 1.29 is 19.8 Å². The molecule has 4 heteroatoms. The highest BCUT2D eigenvalue weighted by Crippen LogP contribution is 2.43. The first-order chi connectivity index (χ1) is 20.0. The van der Waals surface area contributed by atoms with Crippen LogP contribution in [0, 0.1) is 17.3 Å². The molecule has 0 aromatic heterocycles. The number of hydrogen-bond acceptors (Lipinski definition) is 4. The molecule has 2 N–H and O–H groups in total. The van der Waals surface area contributed by atoms with Gasteiger partial charge in [0.25, 0.3) is 0 Å². The van der Waals surface area contributed by atoms with Gasteiger partial charge in [0.05, 0.1) is 11.7 Å². The van der Waals surface area contributed by atoms with Gasteiger partial charge in [-0.1, -0.05) is 98.3 Å². The predicted octanol–water partition coefficient (Wildman–Crippen LogP) is 8.58. The lowest BCUT2D eigenvalue weighted by atomic mass is 9.68. The van der Waals surface area contributed by atoms with Crippen molar-refractivity contribution in [2.75, 3.05) is 0 Å². The van der Waals surface area contributed by atoms with E-state index in [9.17, 15) is 19.8 Å². The molecule has 0 saturated heterocycles. The monoisotopic (exact) mass is 584 g/mol. The van der Waals surface area contributed by atoms with Crippen LogP contribution in [-0.4, -0.2) is 33.5 Å². The number of ketones is 2. The van der Waals surface area contributed by atoms with E-state index >= 15 is 0 Å². The molecule has 0 bridgehead atoms. The molecule has 0 aromatic carbocycles. The van der Waals surface area contributed by atoms with E-state index in [0.29, 0.717) is 11.5 Å². The number of rotatable bonds is 10. The SMILES string of the molecule is CC1=CC(=O)CC(C)(O)C1CC(=O)/C(C)=C/C=C/C(C)=C/C=C/C=C(C)/C=C/C=C(\C)C=C=C1C(C)CC(O)CC1(C)C. The van der Waals surface area contributed by atoms with Gasteiger partial charge in [0.2, 0.25) is 0 Å². The van der Waals surface area contributed by atoms with Crippen LogP contribution in [0.25, 0.3) is 0 Å². The van der Waals surface area contributed by atoms with Gasteiger partial charge >= 0.3 is 0 Å². The van der Waals surface area contributed by atoms with Crippen LogP contribution >= 0.6 is 0 Å². The van der Waals surface area contributed by atoms with E-state index in [-0.39, 0.29) is 41.8 Å². The van der Waals surface area contributed by atoms with Crippen LogP contribution in [0.2, 0.25) is 0 Å². The molecule has 4 unspecified atom stereocenters. The Morgan fingerprint density at radius 3 is 2.07 bits per heavy atom. The molecule has 2 rings (SSSR count). The maximum Gasteiger partial charge on any atom is 0.159 e. The van der Waals surface area contributed by atoms with Gasteiger partial charge in [0.15, 0.2) is 11.6 Å². The summed E-state index contributed by atoms with van der Waals surface area (Å²) in [6.07, 6.45) is 25.0. The number of carbonyl (C=O) groups excluding carboxylic acids is 2. The zero-order chi connectivity index (χ0) is 32.4. The summed E-state index contributed by atoms with van der Waals surface area (Å²) >= 11 is 0. The average molecular weight is 585 g/mol. The first-order valence-electron chi connectivity index (χ1n) is 15.4. The van der Waals surface area contributed by atoms with Crippen molar-refractivity contribution in [2.45, 2.75) is 99.7 Å². The van der Waals surface area contributed by atoms with E-state index in [1.54, 1.807) is 32.9 Å². The minimum absolute atomic E-state index is 0.0335. The first-order valence-corrected chi connectivity index (χ1v) is 15.4. The minimum Gasteiger partial charge on any atom is -0.393 e. The normalized spacial score (nSPS) is 27.7. The molecule has 0 radical (unpaired) electrons. The summed E-state index contributed by atoms with van der Waals surface area (Å²) in [5, 5.41) is 20.8. The molecule has 43 heavy (non-hydrogen) atoms. The zero-order valence-corrected chi connectivity index (χ0v) is 27.7. The van der Waals surface area contributed by atoms with Crippen molar-refractivity contribution in [3.8, 4) is 0 Å². The fourth-order valence-corrected chi connectivity index (χ4v) is 5.97. The average Bonchev–Trinajstić information content (AvgIpc) is 2.87. The lowest BCUT2D eigenvalue weighted by molar-refractivity contribution is -0.125. The van der Waals surface area contributed by atoms with Crippen LogP contribution in [-0.2, 0) is 9.59 Å². The summed E-state index contributed by atoms with van der Waals surface area (Å²) in [5.41, 5.74) is 8.25. The molecule has 0 amide bonds. The maximum absolute atomic E-state index is 12.8. The molecular weight excluding hydrogens is 532 g/mol. The standard InChI is InChI=1S/C39H52O4/c1-27(16-12-17-29(3)20-21-35-31(5)22-33(40)25-38(35,7)8)14-10-11-15-28(2)18-13-19-30(4)37(42)24-36-32(6)23-34(41)26-39(36,9)43/h10-20,23,31,33,36,40,43H,22,24-26H2,1-9H3/b11-10+,16-12+,18-13+,27-14+,28-15+,29-17+,30-19+. The Balaban J connectivity index is 1.92. The second-order valence-corrected chi connectivity index (χ2v) is 13.3. The third-order valence-electron chi connectivity index (χ3n) is 8.35. The Morgan fingerprint density at radius 2 is 1.51 bits per heavy atom. The highest BCUT2D eigenvalue weighted by atomic mass is 16.3. The second kappa shape index (κ2) is 16.0. The van der Waals surface area contributed by atoms with Crippen LogP contribution in [0.4, 0.5) is 0 Å². The van der Waals surface area contributed by atoms with E-state index in [2.05, 4.69) is 58.6 Å². The van der Waals surface area contributed by atoms with Gasteiger partial charge in [0.1, 0.15) is 0 Å². The molecule has 2 aliphatic rings. The number of allylic oxidation sites excluding steroid dienone is 16. The summed E-state index contributed by atoms with van der Waals surface area (Å²) in [4.78, 5) is 24.5. The lowest BCUT2D eigenvalue weighted by Crippen LogP contribution is -2.41. The number of Topliss-reactive ketones (excluding diaryl/α,β-unsaturated/α-hetero) is 1. The van der Waals surface area contributed by atoms with Crippen LogP contribution in [0.15, 0.2) is 112 Å². The molecule has 4 atom stereocenters. The fraction of sp³-hybridized carbons (Fsp3) is 0.462. The third kappa shape index (κ3) is 11.7. The molecule has 1 fully saturated rings. The van der Waals surface area contributed by atoms with Gasteiger partial charge in [-0.25, -0.2) is 0 Å². The fourth-order valence-electron chi connectivity index (χ4n) is 5.97. The number of carbonyl (C=O) groups is 2. The van der Waals surface area contributed by atoms with Gasteiger partial charge in [-0.15, -0.1) is 5.73 Å². The van der Waals surface area contributed by atoms with Gasteiger partial charge in [-0.3, -0.25) is 9.59 Å². The van der Waals surface area contributed by atoms with E-state index < -0.39 is 5.60 Å². The Labute approximate surface area is 260 Å². The summed E-state index contributed by atoms with van der Waals surface area (Å²) in [5.74, 6) is -0.145. The maximum atomic E-state index is 12.8. The molecule has 4 nitrogen and oxygen atoms in total. The van der Waals surface area contributed by atoms with Crippen LogP contribution in [0.1, 0.15) is 88.0 Å². The molecule has 1 saturated carbocycles. The molecule has 0 aromatic rings. The number of aliphatic hydroxyl groups is 2. The predicted molar refractivity (Wildman–Crippen MR) is 179 cm³/mol. The third-order valence-corrected chi connectivity index (χ3v) is 8.35. The molecular formula is C39H52O4. The zero-order valence-electron chi connectivity index (χ0n) is 27.7. The smallest absolute Gasteiger partial charge is 0.159 e. The van der Waals surface area contributed by atoms with Crippen molar-refractivity contribution in [3.63, 3.8) is 0 Å². The Morgan fingerprint density at radius 1 is 0.953 bits per heavy atom. The highest BCUT2D eigenvalue weighted by molar-refractivity contribution is 5.97. The van der Waals surface area contributed by atoms with Crippen molar-refractivity contribution in [1.82, 2.24) is 0 Å². The number of hydrogen-bond donors (Lipinski definition) is 2. The first kappa shape index (κ1) is 35.9. The van der Waals surface area contributed by atoms with Crippen molar-refractivity contribution >= 4 is 11.6 Å². The summed E-state index contributed by atoms with van der Waals surface area (Å²) in [6, 6.07) is 0. The van der Waals surface area contributed by atoms with E-state index in [1.807, 2.05) is 49.5 Å². The van der Waals surface area contributed by atoms with Gasteiger partial charge in [-0.2, -0.15) is 0 Å². The summed E-state index contributed by atoms with van der Waals surface area (Å²) in [6.45, 7) is 17.9. The van der Waals surface area contributed by atoms with Crippen LogP contribution < -0.4 is 0 Å². The Hall–Kier alpha value is -3.30. The largest absolute Gasteiger partial charge is 0.393 e. The van der Waals surface area contributed by atoms with Crippen molar-refractivity contribution in [1.29, 1.82) is 0 Å². The molecule has 0 aliphatic heterocycles. The summed E-state index contributed by atoms with van der Waals surface area (Å²) < 4.78 is 0. The van der Waals surface area contributed by atoms with Crippen LogP contribution in [0.5, 0.6) is 0 Å². The second-order valence-electron chi connectivity index (χ2n) is 13.3. The van der Waals surface area contributed by atoms with E-state index in [1.165, 1.54) is 5.57 Å². The van der Waals surface area contributed by atoms with Crippen molar-refractivity contribution in [3.05, 3.63) is 112 Å². The van der Waals surface area contributed by atoms with Crippen molar-refractivity contribution in [2.24, 2.45) is 17.3 Å². The molecule has 0 heterocycles. The Bertz CT molecular complexity index is 1360. The quantitative estimate of drug-likeness (QED) is 0.153. The van der Waals surface area contributed by atoms with E-state index in [4.69, 9.17) is 0 Å². The highest BCUT2D eigenvalue weighted by Gasteiger charge is 2.39. The minimum atomic E-state index is -1.20. The van der Waals surface area contributed by atoms with Gasteiger partial charge in [-0.05, 0) is 94.6 Å². The Kier molecular flexibility index (Phi) is 13.3. The molecule has 0 spiro atoms. The van der Waals surface area contributed by atoms with Gasteiger partial charge < -0.3 is 10.2 Å². The number of aliphatic hydroxyl groups excluding tert-OH is 1. The summed E-state index contributed by atoms with van der Waals surface area (Å²) in [7, 11) is 0. The van der Waals surface area contributed by atoms with Crippen LogP contribution in [0.3, 0.4) is 0 Å². The van der Waals surface area contributed by atoms with E-state index in [0.717, 1.165) is 35.1 Å². The molecule has 232 valence electrons. The molecule has 2 aliphatic carbocycles.